The van der Waals surface area contributed by atoms with Crippen LogP contribution in [0.3, 0.4) is 0 Å². The van der Waals surface area contributed by atoms with Crippen LogP contribution in [0.25, 0.3) is 11.1 Å². The Morgan fingerprint density at radius 1 is 1.50 bits per heavy atom. The maximum Gasteiger partial charge on any atom is 0.257 e. The second kappa shape index (κ2) is 5.91. The predicted octanol–water partition coefficient (Wildman–Crippen LogP) is 2.83. The Kier molecular flexibility index (Phi) is 4.25. The number of amides is 1. The highest BCUT2D eigenvalue weighted by Gasteiger charge is 2.17. The number of nitrogens with zero attached hydrogens (tertiary/aromatic N) is 1. The van der Waals surface area contributed by atoms with Crippen molar-refractivity contribution in [2.45, 2.75) is 30.7 Å². The van der Waals surface area contributed by atoms with Crippen LogP contribution in [0.4, 0.5) is 0 Å². The van der Waals surface area contributed by atoms with Gasteiger partial charge in [-0.15, -0.1) is 0 Å². The third-order valence-electron chi connectivity index (χ3n) is 2.47. The molecule has 1 aromatic carbocycles. The highest BCUT2D eigenvalue weighted by molar-refractivity contribution is 8.00. The summed E-state index contributed by atoms with van der Waals surface area (Å²) in [6.07, 6.45) is 0.937. The van der Waals surface area contributed by atoms with Crippen LogP contribution in [-0.4, -0.2) is 22.7 Å². The van der Waals surface area contributed by atoms with Gasteiger partial charge in [-0.1, -0.05) is 30.8 Å². The molecule has 0 aliphatic carbocycles. The van der Waals surface area contributed by atoms with Crippen LogP contribution in [0.1, 0.15) is 20.3 Å². The fourth-order valence-electron chi connectivity index (χ4n) is 1.50. The van der Waals surface area contributed by atoms with Gasteiger partial charge in [0.1, 0.15) is 5.52 Å². The number of aromatic nitrogens is 1. The first kappa shape index (κ1) is 13.0. The lowest BCUT2D eigenvalue weighted by Gasteiger charge is -2.08. The van der Waals surface area contributed by atoms with Crippen molar-refractivity contribution in [3.63, 3.8) is 0 Å². The average molecular weight is 264 g/mol. The van der Waals surface area contributed by atoms with Gasteiger partial charge in [0.15, 0.2) is 5.58 Å². The molecule has 2 rings (SSSR count). The topological polar surface area (TPSA) is 55.1 Å². The maximum atomic E-state index is 11.7. The number of rotatable bonds is 5. The van der Waals surface area contributed by atoms with Gasteiger partial charge in [0.25, 0.3) is 5.22 Å². The van der Waals surface area contributed by atoms with E-state index in [1.54, 1.807) is 0 Å². The molecule has 0 aliphatic heterocycles. The van der Waals surface area contributed by atoms with Gasteiger partial charge in [-0.05, 0) is 25.5 Å². The molecule has 0 spiro atoms. The Bertz CT molecular complexity index is 506. The Balaban J connectivity index is 2.02. The molecule has 4 nitrogen and oxygen atoms in total. The lowest BCUT2D eigenvalue weighted by atomic mass is 10.3. The summed E-state index contributed by atoms with van der Waals surface area (Å²) in [5, 5.41) is 3.19. The first-order valence-corrected chi connectivity index (χ1v) is 6.88. The summed E-state index contributed by atoms with van der Waals surface area (Å²) in [7, 11) is 0. The van der Waals surface area contributed by atoms with Crippen LogP contribution in [0.5, 0.6) is 0 Å². The van der Waals surface area contributed by atoms with Gasteiger partial charge in [-0.2, -0.15) is 0 Å². The number of hydrogen-bond acceptors (Lipinski definition) is 4. The smallest absolute Gasteiger partial charge is 0.257 e. The SMILES string of the molecule is CCCNC(=O)[C@H](C)Sc1nc2ccccc2o1. The Morgan fingerprint density at radius 2 is 2.28 bits per heavy atom. The molecular weight excluding hydrogens is 248 g/mol. The molecule has 1 aromatic heterocycles. The zero-order chi connectivity index (χ0) is 13.0. The molecule has 1 heterocycles. The minimum absolute atomic E-state index is 0.0177. The number of carbonyl (C=O) groups is 1. The van der Waals surface area contributed by atoms with E-state index in [0.29, 0.717) is 11.8 Å². The van der Waals surface area contributed by atoms with Crippen molar-refractivity contribution in [3.8, 4) is 0 Å². The van der Waals surface area contributed by atoms with Gasteiger partial charge in [0.05, 0.1) is 5.25 Å². The van der Waals surface area contributed by atoms with E-state index in [2.05, 4.69) is 10.3 Å². The Hall–Kier alpha value is -1.49. The van der Waals surface area contributed by atoms with E-state index >= 15 is 0 Å². The molecule has 0 radical (unpaired) electrons. The predicted molar refractivity (Wildman–Crippen MR) is 72.6 cm³/mol. The molecule has 0 unspecified atom stereocenters. The fourth-order valence-corrected chi connectivity index (χ4v) is 2.28. The molecule has 0 bridgehead atoms. The van der Waals surface area contributed by atoms with Crippen molar-refractivity contribution in [2.24, 2.45) is 0 Å². The van der Waals surface area contributed by atoms with Crippen LogP contribution < -0.4 is 5.32 Å². The summed E-state index contributed by atoms with van der Waals surface area (Å²) < 4.78 is 5.57. The molecule has 0 aliphatic rings. The van der Waals surface area contributed by atoms with Crippen molar-refractivity contribution in [1.82, 2.24) is 10.3 Å². The van der Waals surface area contributed by atoms with E-state index in [1.165, 1.54) is 11.8 Å². The summed E-state index contributed by atoms with van der Waals surface area (Å²) in [5.74, 6) is 0.0177. The van der Waals surface area contributed by atoms with E-state index in [9.17, 15) is 4.79 Å². The first-order chi connectivity index (χ1) is 8.70. The van der Waals surface area contributed by atoms with E-state index in [4.69, 9.17) is 4.42 Å². The minimum Gasteiger partial charge on any atom is -0.431 e. The molecule has 0 saturated carbocycles. The normalized spacial score (nSPS) is 12.6. The van der Waals surface area contributed by atoms with Crippen LogP contribution in [0.15, 0.2) is 33.9 Å². The summed E-state index contributed by atoms with van der Waals surface area (Å²) in [6, 6.07) is 7.58. The second-order valence-corrected chi connectivity index (χ2v) is 5.29. The maximum absolute atomic E-state index is 11.7. The van der Waals surface area contributed by atoms with Crippen molar-refractivity contribution >= 4 is 28.8 Å². The largest absolute Gasteiger partial charge is 0.431 e. The van der Waals surface area contributed by atoms with E-state index in [-0.39, 0.29) is 11.2 Å². The quantitative estimate of drug-likeness (QED) is 0.844. The van der Waals surface area contributed by atoms with Crippen LogP contribution in [0.2, 0.25) is 0 Å². The molecule has 96 valence electrons. The lowest BCUT2D eigenvalue weighted by molar-refractivity contribution is -0.120. The van der Waals surface area contributed by atoms with Crippen LogP contribution in [-0.2, 0) is 4.79 Å². The molecule has 5 heteroatoms. The van der Waals surface area contributed by atoms with Crippen molar-refractivity contribution in [3.05, 3.63) is 24.3 Å². The molecule has 0 fully saturated rings. The number of benzene rings is 1. The first-order valence-electron chi connectivity index (χ1n) is 6.00. The van der Waals surface area contributed by atoms with Gasteiger partial charge in [-0.3, -0.25) is 4.79 Å². The van der Waals surface area contributed by atoms with Gasteiger partial charge in [-0.25, -0.2) is 4.98 Å². The highest BCUT2D eigenvalue weighted by Crippen LogP contribution is 2.26. The monoisotopic (exact) mass is 264 g/mol. The van der Waals surface area contributed by atoms with Gasteiger partial charge in [0.2, 0.25) is 5.91 Å². The third kappa shape index (κ3) is 3.04. The minimum atomic E-state index is -0.204. The third-order valence-corrected chi connectivity index (χ3v) is 3.41. The second-order valence-electron chi connectivity index (χ2n) is 4.00. The Labute approximate surface area is 110 Å². The highest BCUT2D eigenvalue weighted by atomic mass is 32.2. The van der Waals surface area contributed by atoms with Crippen molar-refractivity contribution in [2.75, 3.05) is 6.54 Å². The zero-order valence-electron chi connectivity index (χ0n) is 10.5. The number of thioether (sulfide) groups is 1. The molecular formula is C13H16N2O2S. The summed E-state index contributed by atoms with van der Waals surface area (Å²) in [5.41, 5.74) is 1.57. The van der Waals surface area contributed by atoms with Crippen LogP contribution in [0, 0.1) is 0 Å². The fraction of sp³-hybridized carbons (Fsp3) is 0.385. The molecule has 1 amide bonds. The van der Waals surface area contributed by atoms with Gasteiger partial charge < -0.3 is 9.73 Å². The molecule has 0 saturated heterocycles. The van der Waals surface area contributed by atoms with Gasteiger partial charge in [0, 0.05) is 6.54 Å². The zero-order valence-corrected chi connectivity index (χ0v) is 11.3. The lowest BCUT2D eigenvalue weighted by Crippen LogP contribution is -2.31. The number of hydrogen-bond donors (Lipinski definition) is 1. The van der Waals surface area contributed by atoms with Crippen LogP contribution >= 0.6 is 11.8 Å². The number of oxazole rings is 1. The molecule has 18 heavy (non-hydrogen) atoms. The van der Waals surface area contributed by atoms with E-state index in [1.807, 2.05) is 38.1 Å². The Morgan fingerprint density at radius 3 is 3.00 bits per heavy atom. The standard InChI is InChI=1S/C13H16N2O2S/c1-3-8-14-12(16)9(2)18-13-15-10-6-4-5-7-11(10)17-13/h4-7,9H,3,8H2,1-2H3,(H,14,16)/t9-/m0/s1. The molecule has 1 N–H and O–H groups in total. The number of para-hydroxylation sites is 2. The average Bonchev–Trinajstić information content (AvgIpc) is 2.77. The number of carbonyl (C=O) groups excluding carboxylic acids is 1. The molecule has 1 atom stereocenters. The van der Waals surface area contributed by atoms with E-state index < -0.39 is 0 Å². The number of fused-ring (bicyclic) bond motifs is 1. The number of nitrogens with one attached hydrogen (secondary N) is 1. The summed E-state index contributed by atoms with van der Waals surface area (Å²) >= 11 is 1.34. The van der Waals surface area contributed by atoms with Gasteiger partial charge >= 0.3 is 0 Å². The van der Waals surface area contributed by atoms with E-state index in [0.717, 1.165) is 17.5 Å². The van der Waals surface area contributed by atoms with Crippen molar-refractivity contribution in [1.29, 1.82) is 0 Å². The summed E-state index contributed by atoms with van der Waals surface area (Å²) in [6.45, 7) is 4.58. The molecule has 2 aromatic rings. The summed E-state index contributed by atoms with van der Waals surface area (Å²) in [4.78, 5) is 16.1. The van der Waals surface area contributed by atoms with Crippen molar-refractivity contribution < 1.29 is 9.21 Å².